The Morgan fingerprint density at radius 3 is 3.03 bits per heavy atom. The number of amides is 1. The van der Waals surface area contributed by atoms with Gasteiger partial charge < -0.3 is 25.4 Å². The molecule has 9 heteroatoms. The van der Waals surface area contributed by atoms with Crippen molar-refractivity contribution in [1.82, 2.24) is 19.9 Å². The fourth-order valence-corrected chi connectivity index (χ4v) is 4.38. The second kappa shape index (κ2) is 7.98. The van der Waals surface area contributed by atoms with E-state index in [1.807, 2.05) is 38.2 Å². The number of carbonyl (C=O) groups excluding carboxylic acids is 1. The van der Waals surface area contributed by atoms with E-state index in [9.17, 15) is 4.79 Å². The molecular weight excluding hydrogens is 408 g/mol. The highest BCUT2D eigenvalue weighted by molar-refractivity contribution is 6.09. The van der Waals surface area contributed by atoms with Gasteiger partial charge in [-0.1, -0.05) is 0 Å². The third kappa shape index (κ3) is 3.95. The van der Waals surface area contributed by atoms with E-state index in [1.54, 1.807) is 11.6 Å². The third-order valence-corrected chi connectivity index (χ3v) is 5.90. The molecule has 4 heterocycles. The number of methoxy groups -OCH3 is 1. The second-order valence-electron chi connectivity index (χ2n) is 8.98. The van der Waals surface area contributed by atoms with Crippen molar-refractivity contribution in [2.24, 2.45) is 0 Å². The Kier molecular flexibility index (Phi) is 5.13. The van der Waals surface area contributed by atoms with Gasteiger partial charge in [0.1, 0.15) is 28.5 Å². The van der Waals surface area contributed by atoms with E-state index in [1.165, 1.54) is 6.20 Å². The van der Waals surface area contributed by atoms with Crippen LogP contribution in [0.15, 0.2) is 30.6 Å². The highest BCUT2D eigenvalue weighted by atomic mass is 16.5. The second-order valence-corrected chi connectivity index (χ2v) is 8.98. The number of hydrogen-bond donors (Lipinski definition) is 3. The number of ether oxygens (including phenoxy) is 2. The lowest BCUT2D eigenvalue weighted by Gasteiger charge is -2.24. The van der Waals surface area contributed by atoms with E-state index in [4.69, 9.17) is 9.47 Å². The van der Waals surface area contributed by atoms with Gasteiger partial charge in [0.15, 0.2) is 5.65 Å². The SMILES string of the molecule is COc1cc2c(cc1NC(=O)c1cnn3ccc(NC4CCCNC4)nc13)CC(C)(C)O2. The topological polar surface area (TPSA) is 102 Å². The summed E-state index contributed by atoms with van der Waals surface area (Å²) < 4.78 is 13.1. The molecule has 2 aliphatic rings. The van der Waals surface area contributed by atoms with Crippen molar-refractivity contribution < 1.29 is 14.3 Å². The predicted octanol–water partition coefficient (Wildman–Crippen LogP) is 2.87. The molecule has 1 fully saturated rings. The minimum atomic E-state index is -0.291. The van der Waals surface area contributed by atoms with Crippen LogP contribution >= 0.6 is 0 Å². The fraction of sp³-hybridized carbons (Fsp3) is 0.435. The number of fused-ring (bicyclic) bond motifs is 2. The molecular formula is C23H28N6O3. The van der Waals surface area contributed by atoms with Crippen LogP contribution in [0.3, 0.4) is 0 Å². The third-order valence-electron chi connectivity index (χ3n) is 5.90. The van der Waals surface area contributed by atoms with Crippen LogP contribution in [-0.2, 0) is 6.42 Å². The van der Waals surface area contributed by atoms with E-state index in [-0.39, 0.29) is 11.5 Å². The molecule has 0 bridgehead atoms. The van der Waals surface area contributed by atoms with E-state index >= 15 is 0 Å². The zero-order chi connectivity index (χ0) is 22.3. The molecule has 1 saturated heterocycles. The first-order valence-corrected chi connectivity index (χ1v) is 10.9. The smallest absolute Gasteiger partial charge is 0.261 e. The summed E-state index contributed by atoms with van der Waals surface area (Å²) in [5.74, 6) is 1.78. The van der Waals surface area contributed by atoms with Crippen LogP contribution in [0.1, 0.15) is 42.6 Å². The summed E-state index contributed by atoms with van der Waals surface area (Å²) in [4.78, 5) is 17.8. The van der Waals surface area contributed by atoms with Gasteiger partial charge in [0, 0.05) is 36.8 Å². The van der Waals surface area contributed by atoms with E-state index < -0.39 is 0 Å². The minimum Gasteiger partial charge on any atom is -0.494 e. The number of anilines is 2. The number of nitrogens with one attached hydrogen (secondary N) is 3. The Morgan fingerprint density at radius 2 is 2.25 bits per heavy atom. The molecule has 0 radical (unpaired) electrons. The van der Waals surface area contributed by atoms with E-state index in [0.717, 1.165) is 49.5 Å². The molecule has 1 atom stereocenters. The summed E-state index contributed by atoms with van der Waals surface area (Å²) in [5.41, 5.74) is 2.26. The average molecular weight is 437 g/mol. The van der Waals surface area contributed by atoms with Crippen molar-refractivity contribution in [2.45, 2.75) is 44.8 Å². The van der Waals surface area contributed by atoms with Crippen molar-refractivity contribution in [3.8, 4) is 11.5 Å². The van der Waals surface area contributed by atoms with Crippen LogP contribution in [0, 0.1) is 0 Å². The number of piperidine rings is 1. The lowest BCUT2D eigenvalue weighted by atomic mass is 10.0. The average Bonchev–Trinajstić information content (AvgIpc) is 3.32. The molecule has 168 valence electrons. The number of benzene rings is 1. The Labute approximate surface area is 186 Å². The number of carbonyl (C=O) groups is 1. The largest absolute Gasteiger partial charge is 0.494 e. The van der Waals surface area contributed by atoms with Crippen molar-refractivity contribution >= 4 is 23.1 Å². The minimum absolute atomic E-state index is 0.278. The summed E-state index contributed by atoms with van der Waals surface area (Å²) in [6.45, 7) is 6.03. The van der Waals surface area contributed by atoms with Crippen molar-refractivity contribution in [3.05, 3.63) is 41.7 Å². The molecule has 5 rings (SSSR count). The number of hydrogen-bond acceptors (Lipinski definition) is 7. The normalized spacial score (nSPS) is 19.3. The van der Waals surface area contributed by atoms with Crippen LogP contribution in [0.4, 0.5) is 11.5 Å². The highest BCUT2D eigenvalue weighted by Crippen LogP contribution is 2.41. The molecule has 3 aromatic rings. The fourth-order valence-electron chi connectivity index (χ4n) is 4.38. The molecule has 2 aromatic heterocycles. The number of rotatable bonds is 5. The van der Waals surface area contributed by atoms with Gasteiger partial charge in [-0.2, -0.15) is 5.10 Å². The molecule has 32 heavy (non-hydrogen) atoms. The van der Waals surface area contributed by atoms with Gasteiger partial charge in [0.05, 0.1) is 19.0 Å². The Morgan fingerprint density at radius 1 is 1.38 bits per heavy atom. The van der Waals surface area contributed by atoms with Crippen LogP contribution in [0.25, 0.3) is 5.65 Å². The molecule has 3 N–H and O–H groups in total. The summed E-state index contributed by atoms with van der Waals surface area (Å²) in [6, 6.07) is 5.94. The maximum atomic E-state index is 13.2. The predicted molar refractivity (Wildman–Crippen MR) is 122 cm³/mol. The first-order chi connectivity index (χ1) is 15.4. The first kappa shape index (κ1) is 20.6. The lowest BCUT2D eigenvalue weighted by Crippen LogP contribution is -2.38. The van der Waals surface area contributed by atoms with Gasteiger partial charge in [-0.05, 0) is 45.4 Å². The molecule has 1 unspecified atom stereocenters. The first-order valence-electron chi connectivity index (χ1n) is 10.9. The van der Waals surface area contributed by atoms with Crippen LogP contribution in [-0.4, -0.2) is 52.3 Å². The summed E-state index contributed by atoms with van der Waals surface area (Å²) in [5, 5.41) is 14.1. The standard InChI is InChI=1S/C23H28N6O3/c1-23(2)11-14-9-17(19(31-3)10-18(14)32-23)27-22(30)16-13-25-29-8-6-20(28-21(16)29)26-15-5-4-7-24-12-15/h6,8-10,13,15,24H,4-5,7,11-12H2,1-3H3,(H,26,28)(H,27,30). The van der Waals surface area contributed by atoms with Gasteiger partial charge in [-0.15, -0.1) is 0 Å². The van der Waals surface area contributed by atoms with Crippen molar-refractivity contribution in [2.75, 3.05) is 30.8 Å². The zero-order valence-electron chi connectivity index (χ0n) is 18.6. The van der Waals surface area contributed by atoms with Gasteiger partial charge >= 0.3 is 0 Å². The van der Waals surface area contributed by atoms with Gasteiger partial charge in [0.25, 0.3) is 5.91 Å². The molecule has 2 aliphatic heterocycles. The highest BCUT2D eigenvalue weighted by Gasteiger charge is 2.31. The summed E-state index contributed by atoms with van der Waals surface area (Å²) in [6.07, 6.45) is 6.33. The van der Waals surface area contributed by atoms with Gasteiger partial charge in [0.2, 0.25) is 0 Å². The van der Waals surface area contributed by atoms with Crippen LogP contribution < -0.4 is 25.4 Å². The molecule has 9 nitrogen and oxygen atoms in total. The summed E-state index contributed by atoms with van der Waals surface area (Å²) in [7, 11) is 1.58. The van der Waals surface area contributed by atoms with Crippen molar-refractivity contribution in [3.63, 3.8) is 0 Å². The molecule has 1 aromatic carbocycles. The van der Waals surface area contributed by atoms with E-state index in [0.29, 0.717) is 28.7 Å². The van der Waals surface area contributed by atoms with Crippen molar-refractivity contribution in [1.29, 1.82) is 0 Å². The van der Waals surface area contributed by atoms with E-state index in [2.05, 4.69) is 26.0 Å². The van der Waals surface area contributed by atoms with Crippen LogP contribution in [0.2, 0.25) is 0 Å². The lowest BCUT2D eigenvalue weighted by molar-refractivity contribution is 0.102. The number of aromatic nitrogens is 3. The molecule has 0 spiro atoms. The zero-order valence-corrected chi connectivity index (χ0v) is 18.6. The number of nitrogens with zero attached hydrogens (tertiary/aromatic N) is 3. The van der Waals surface area contributed by atoms with Gasteiger partial charge in [-0.25, -0.2) is 9.50 Å². The van der Waals surface area contributed by atoms with Crippen LogP contribution in [0.5, 0.6) is 11.5 Å². The Bertz CT molecular complexity index is 1170. The maximum absolute atomic E-state index is 13.2. The quantitative estimate of drug-likeness (QED) is 0.565. The van der Waals surface area contributed by atoms with Gasteiger partial charge in [-0.3, -0.25) is 4.79 Å². The Balaban J connectivity index is 1.40. The molecule has 0 saturated carbocycles. The Hall–Kier alpha value is -3.33. The monoisotopic (exact) mass is 436 g/mol. The molecule has 0 aliphatic carbocycles. The summed E-state index contributed by atoms with van der Waals surface area (Å²) >= 11 is 0. The maximum Gasteiger partial charge on any atom is 0.261 e. The molecule has 1 amide bonds.